The van der Waals surface area contributed by atoms with Gasteiger partial charge in [-0.1, -0.05) is 12.1 Å². The highest BCUT2D eigenvalue weighted by Crippen LogP contribution is 2.35. The van der Waals surface area contributed by atoms with Crippen LogP contribution < -0.4 is 10.0 Å². The van der Waals surface area contributed by atoms with Crippen LogP contribution in [0.15, 0.2) is 53.4 Å². The second-order valence-electron chi connectivity index (χ2n) is 6.65. The molecule has 2 N–H and O–H groups in total. The summed E-state index contributed by atoms with van der Waals surface area (Å²) in [7, 11) is -4.23. The van der Waals surface area contributed by atoms with E-state index in [0.29, 0.717) is 18.8 Å². The number of anilines is 2. The van der Waals surface area contributed by atoms with E-state index in [4.69, 9.17) is 0 Å². The van der Waals surface area contributed by atoms with Crippen molar-refractivity contribution in [2.24, 2.45) is 0 Å². The van der Waals surface area contributed by atoms with Crippen LogP contribution >= 0.6 is 0 Å². The Morgan fingerprint density at radius 3 is 2.17 bits per heavy atom. The molecule has 10 heteroatoms. The van der Waals surface area contributed by atoms with E-state index in [1.807, 2.05) is 4.72 Å². The number of sulfonamides is 1. The summed E-state index contributed by atoms with van der Waals surface area (Å²) >= 11 is 0. The Hall–Kier alpha value is -2.75. The third-order valence-electron chi connectivity index (χ3n) is 4.54. The van der Waals surface area contributed by atoms with Crippen molar-refractivity contribution in [1.29, 1.82) is 0 Å². The van der Waals surface area contributed by atoms with Gasteiger partial charge >= 0.3 is 12.2 Å². The van der Waals surface area contributed by atoms with E-state index in [1.165, 1.54) is 36.4 Å². The minimum absolute atomic E-state index is 0.217. The Morgan fingerprint density at radius 1 is 0.931 bits per heavy atom. The van der Waals surface area contributed by atoms with E-state index in [-0.39, 0.29) is 10.9 Å². The first-order valence-corrected chi connectivity index (χ1v) is 10.5. The van der Waals surface area contributed by atoms with Gasteiger partial charge in [0.15, 0.2) is 0 Å². The Balaban J connectivity index is 1.73. The van der Waals surface area contributed by atoms with E-state index in [1.54, 1.807) is 4.90 Å². The molecule has 1 fully saturated rings. The molecule has 3 rings (SSSR count). The van der Waals surface area contributed by atoms with Crippen molar-refractivity contribution < 1.29 is 26.4 Å². The van der Waals surface area contributed by atoms with Gasteiger partial charge < -0.3 is 10.2 Å². The smallest absolute Gasteiger partial charge is 0.325 e. The van der Waals surface area contributed by atoms with Crippen LogP contribution in [0, 0.1) is 0 Å². The molecule has 1 aliphatic heterocycles. The van der Waals surface area contributed by atoms with Crippen molar-refractivity contribution in [2.45, 2.75) is 30.3 Å². The first-order valence-electron chi connectivity index (χ1n) is 9.02. The lowest BCUT2D eigenvalue weighted by Crippen LogP contribution is -2.38. The highest BCUT2D eigenvalue weighted by molar-refractivity contribution is 7.92. The average Bonchev–Trinajstić information content (AvgIpc) is 2.68. The van der Waals surface area contributed by atoms with Crippen molar-refractivity contribution in [3.63, 3.8) is 0 Å². The second kappa shape index (κ2) is 8.32. The first-order chi connectivity index (χ1) is 13.7. The lowest BCUT2D eigenvalue weighted by molar-refractivity contribution is -0.136. The molecular weight excluding hydrogens is 407 g/mol. The number of para-hydroxylation sites is 1. The van der Waals surface area contributed by atoms with Crippen molar-refractivity contribution in [2.75, 3.05) is 23.1 Å². The fourth-order valence-corrected chi connectivity index (χ4v) is 4.12. The summed E-state index contributed by atoms with van der Waals surface area (Å²) < 4.78 is 66.2. The zero-order chi connectivity index (χ0) is 21.1. The summed E-state index contributed by atoms with van der Waals surface area (Å²) in [5.41, 5.74) is -1.23. The number of piperidine rings is 1. The number of rotatable bonds is 4. The number of carbonyl (C=O) groups excluding carboxylic acids is 1. The number of halogens is 3. The molecule has 1 heterocycles. The second-order valence-corrected chi connectivity index (χ2v) is 8.33. The molecule has 29 heavy (non-hydrogen) atoms. The predicted octanol–water partition coefficient (Wildman–Crippen LogP) is 4.52. The van der Waals surface area contributed by atoms with Crippen LogP contribution in [-0.4, -0.2) is 32.4 Å². The van der Waals surface area contributed by atoms with Gasteiger partial charge in [0.25, 0.3) is 10.0 Å². The molecule has 1 saturated heterocycles. The number of benzene rings is 2. The van der Waals surface area contributed by atoms with Gasteiger partial charge in [-0.15, -0.1) is 0 Å². The number of likely N-dealkylation sites (tertiary alicyclic amines) is 1. The van der Waals surface area contributed by atoms with Crippen molar-refractivity contribution in [3.8, 4) is 0 Å². The Kier molecular flexibility index (Phi) is 6.02. The Morgan fingerprint density at radius 2 is 1.55 bits per heavy atom. The lowest BCUT2D eigenvalue weighted by atomic mass is 10.1. The molecule has 2 amide bonds. The highest BCUT2D eigenvalue weighted by atomic mass is 32.2. The molecule has 0 atom stereocenters. The van der Waals surface area contributed by atoms with Crippen molar-refractivity contribution in [1.82, 2.24) is 4.90 Å². The van der Waals surface area contributed by atoms with Crippen LogP contribution in [0.3, 0.4) is 0 Å². The molecule has 156 valence electrons. The summed E-state index contributed by atoms with van der Waals surface area (Å²) in [5.74, 6) is 0. The summed E-state index contributed by atoms with van der Waals surface area (Å²) in [6, 6.07) is 9.32. The highest BCUT2D eigenvalue weighted by Gasteiger charge is 2.34. The molecule has 2 aromatic rings. The standard InChI is InChI=1S/C19H20F3N3O3S/c20-19(21,22)16-6-2-3-7-17(16)24-29(27,28)15-10-8-14(9-11-15)23-18(26)25-12-4-1-5-13-25/h2-3,6-11,24H,1,4-5,12-13H2,(H,23,26). The quantitative estimate of drug-likeness (QED) is 0.753. The summed E-state index contributed by atoms with van der Waals surface area (Å²) in [6.45, 7) is 1.33. The van der Waals surface area contributed by atoms with Gasteiger partial charge in [0.05, 0.1) is 16.1 Å². The number of nitrogens with zero attached hydrogens (tertiary/aromatic N) is 1. The third-order valence-corrected chi connectivity index (χ3v) is 5.92. The predicted molar refractivity (Wildman–Crippen MR) is 103 cm³/mol. The Bertz CT molecular complexity index is 970. The molecule has 1 aliphatic rings. The largest absolute Gasteiger partial charge is 0.418 e. The molecular formula is C19H20F3N3O3S. The number of alkyl halides is 3. The molecule has 6 nitrogen and oxygen atoms in total. The number of hydrogen-bond acceptors (Lipinski definition) is 3. The van der Waals surface area contributed by atoms with Gasteiger partial charge in [0, 0.05) is 18.8 Å². The van der Waals surface area contributed by atoms with Gasteiger partial charge in [-0.05, 0) is 55.7 Å². The van der Waals surface area contributed by atoms with E-state index >= 15 is 0 Å². The van der Waals surface area contributed by atoms with Crippen molar-refractivity contribution >= 4 is 27.4 Å². The van der Waals surface area contributed by atoms with Crippen molar-refractivity contribution in [3.05, 3.63) is 54.1 Å². The summed E-state index contributed by atoms with van der Waals surface area (Å²) in [4.78, 5) is 13.7. The van der Waals surface area contributed by atoms with Gasteiger partial charge in [0.2, 0.25) is 0 Å². The maximum Gasteiger partial charge on any atom is 0.418 e. The fraction of sp³-hybridized carbons (Fsp3) is 0.316. The van der Waals surface area contributed by atoms with Crippen LogP contribution in [0.4, 0.5) is 29.3 Å². The summed E-state index contributed by atoms with van der Waals surface area (Å²) in [5, 5.41) is 2.69. The van der Waals surface area contributed by atoms with Crippen LogP contribution in [0.25, 0.3) is 0 Å². The van der Waals surface area contributed by atoms with E-state index in [2.05, 4.69) is 5.32 Å². The lowest BCUT2D eigenvalue weighted by Gasteiger charge is -2.26. The van der Waals surface area contributed by atoms with Gasteiger partial charge in [-0.25, -0.2) is 13.2 Å². The van der Waals surface area contributed by atoms with E-state index in [0.717, 1.165) is 31.4 Å². The minimum Gasteiger partial charge on any atom is -0.325 e. The van der Waals surface area contributed by atoms with Gasteiger partial charge in [0.1, 0.15) is 0 Å². The maximum atomic E-state index is 13.1. The molecule has 0 radical (unpaired) electrons. The average molecular weight is 427 g/mol. The van der Waals surface area contributed by atoms with Gasteiger partial charge in [-0.2, -0.15) is 13.2 Å². The minimum atomic E-state index is -4.69. The van der Waals surface area contributed by atoms with Gasteiger partial charge in [-0.3, -0.25) is 4.72 Å². The number of amides is 2. The number of urea groups is 1. The number of nitrogens with one attached hydrogen (secondary N) is 2. The molecule has 0 spiro atoms. The van der Waals surface area contributed by atoms with Crippen LogP contribution in [-0.2, 0) is 16.2 Å². The van der Waals surface area contributed by atoms with Crippen LogP contribution in [0.1, 0.15) is 24.8 Å². The maximum absolute atomic E-state index is 13.1. The van der Waals surface area contributed by atoms with E-state index < -0.39 is 27.5 Å². The zero-order valence-electron chi connectivity index (χ0n) is 15.4. The number of hydrogen-bond donors (Lipinski definition) is 2. The normalized spacial score (nSPS) is 15.1. The van der Waals surface area contributed by atoms with E-state index in [9.17, 15) is 26.4 Å². The Labute approximate surface area is 166 Å². The summed E-state index contributed by atoms with van der Waals surface area (Å²) in [6.07, 6.45) is -1.73. The SMILES string of the molecule is O=C(Nc1ccc(S(=O)(=O)Nc2ccccc2C(F)(F)F)cc1)N1CCCCC1. The molecule has 0 aromatic heterocycles. The third kappa shape index (κ3) is 5.20. The van der Waals surface area contributed by atoms with Crippen LogP contribution in [0.2, 0.25) is 0 Å². The topological polar surface area (TPSA) is 78.5 Å². The molecule has 0 bridgehead atoms. The zero-order valence-corrected chi connectivity index (χ0v) is 16.2. The molecule has 0 unspecified atom stereocenters. The van der Waals surface area contributed by atoms with Crippen LogP contribution in [0.5, 0.6) is 0 Å². The monoisotopic (exact) mass is 427 g/mol. The molecule has 0 aliphatic carbocycles. The molecule has 2 aromatic carbocycles. The molecule has 0 saturated carbocycles. The first kappa shape index (κ1) is 21.0. The number of carbonyl (C=O) groups is 1. The fourth-order valence-electron chi connectivity index (χ4n) is 3.04.